The summed E-state index contributed by atoms with van der Waals surface area (Å²) in [5.74, 6) is 0.674. The summed E-state index contributed by atoms with van der Waals surface area (Å²) in [7, 11) is 0. The molecular weight excluding hydrogens is 520 g/mol. The highest BCUT2D eigenvalue weighted by Gasteiger charge is 2.21. The van der Waals surface area contributed by atoms with E-state index in [1.807, 2.05) is 60.8 Å². The SMILES string of the molecule is O=C(CN1CCN(c2ccnc3cc(Cl)ccc23)CC1)Nc1nnc(COc2ccc3ccccc3c2)s1. The second kappa shape index (κ2) is 10.9. The van der Waals surface area contributed by atoms with Crippen LogP contribution in [0.25, 0.3) is 21.7 Å². The number of nitrogens with one attached hydrogen (secondary N) is 1. The number of rotatable bonds is 7. The van der Waals surface area contributed by atoms with Crippen LogP contribution in [0.5, 0.6) is 5.75 Å². The minimum Gasteiger partial charge on any atom is -0.486 e. The minimum atomic E-state index is -0.0967. The van der Waals surface area contributed by atoms with Crippen LogP contribution in [0, 0.1) is 0 Å². The summed E-state index contributed by atoms with van der Waals surface area (Å²) in [5, 5.41) is 16.4. The fourth-order valence-electron chi connectivity index (χ4n) is 4.66. The van der Waals surface area contributed by atoms with Crippen molar-refractivity contribution in [3.8, 4) is 5.75 Å². The van der Waals surface area contributed by atoms with E-state index in [2.05, 4.69) is 42.4 Å². The molecule has 0 radical (unpaired) electrons. The first kappa shape index (κ1) is 24.5. The molecule has 10 heteroatoms. The molecule has 0 unspecified atom stereocenters. The molecule has 3 aromatic carbocycles. The molecule has 5 aromatic rings. The van der Waals surface area contributed by atoms with Gasteiger partial charge < -0.3 is 9.64 Å². The summed E-state index contributed by atoms with van der Waals surface area (Å²) in [6.45, 7) is 3.82. The molecule has 0 atom stereocenters. The molecule has 8 nitrogen and oxygen atoms in total. The van der Waals surface area contributed by atoms with E-state index < -0.39 is 0 Å². The van der Waals surface area contributed by atoms with Gasteiger partial charge in [-0.15, -0.1) is 10.2 Å². The summed E-state index contributed by atoms with van der Waals surface area (Å²) < 4.78 is 5.89. The Bertz CT molecular complexity index is 1600. The molecule has 1 fully saturated rings. The van der Waals surface area contributed by atoms with Gasteiger partial charge in [-0.1, -0.05) is 53.3 Å². The molecule has 1 aliphatic heterocycles. The normalized spacial score (nSPS) is 14.2. The maximum atomic E-state index is 12.7. The summed E-state index contributed by atoms with van der Waals surface area (Å²) in [5.41, 5.74) is 2.03. The highest BCUT2D eigenvalue weighted by molar-refractivity contribution is 7.15. The smallest absolute Gasteiger partial charge is 0.240 e. The van der Waals surface area contributed by atoms with Crippen molar-refractivity contribution in [3.05, 3.63) is 83.0 Å². The Labute approximate surface area is 228 Å². The van der Waals surface area contributed by atoms with Crippen molar-refractivity contribution in [2.24, 2.45) is 0 Å². The van der Waals surface area contributed by atoms with E-state index >= 15 is 0 Å². The quantitative estimate of drug-likeness (QED) is 0.300. The Kier molecular flexibility index (Phi) is 7.04. The van der Waals surface area contributed by atoms with Crippen molar-refractivity contribution in [3.63, 3.8) is 0 Å². The van der Waals surface area contributed by atoms with E-state index in [4.69, 9.17) is 16.3 Å². The van der Waals surface area contributed by atoms with Gasteiger partial charge in [-0.25, -0.2) is 0 Å². The number of aromatic nitrogens is 3. The Morgan fingerprint density at radius 1 is 0.974 bits per heavy atom. The largest absolute Gasteiger partial charge is 0.486 e. The van der Waals surface area contributed by atoms with Crippen molar-refractivity contribution in [1.29, 1.82) is 0 Å². The maximum absolute atomic E-state index is 12.7. The lowest BCUT2D eigenvalue weighted by Gasteiger charge is -2.36. The minimum absolute atomic E-state index is 0.0967. The molecule has 1 N–H and O–H groups in total. The zero-order valence-corrected chi connectivity index (χ0v) is 22.1. The van der Waals surface area contributed by atoms with Gasteiger partial charge in [0, 0.05) is 48.5 Å². The van der Waals surface area contributed by atoms with E-state index in [1.165, 1.54) is 16.7 Å². The summed E-state index contributed by atoms with van der Waals surface area (Å²) >= 11 is 7.45. The second-order valence-electron chi connectivity index (χ2n) is 9.10. The van der Waals surface area contributed by atoms with Gasteiger partial charge >= 0.3 is 0 Å². The summed E-state index contributed by atoms with van der Waals surface area (Å²) in [6.07, 6.45) is 1.82. The Morgan fingerprint density at radius 2 is 1.82 bits per heavy atom. The Balaban J connectivity index is 0.992. The number of nitrogens with zero attached hydrogens (tertiary/aromatic N) is 5. The number of carbonyl (C=O) groups excluding carboxylic acids is 1. The van der Waals surface area contributed by atoms with E-state index in [-0.39, 0.29) is 5.91 Å². The molecular formula is C28H25ClN6O2S. The van der Waals surface area contributed by atoms with Crippen molar-refractivity contribution in [1.82, 2.24) is 20.1 Å². The first-order valence-corrected chi connectivity index (χ1v) is 13.6. The number of halogens is 1. The highest BCUT2D eigenvalue weighted by Crippen LogP contribution is 2.28. The molecule has 1 aliphatic rings. The molecule has 6 rings (SSSR count). The average molecular weight is 545 g/mol. The van der Waals surface area contributed by atoms with Gasteiger partial charge in [0.25, 0.3) is 0 Å². The number of pyridine rings is 1. The number of amides is 1. The standard InChI is InChI=1S/C28H25ClN6O2S/c29-21-6-8-23-24(16-21)30-10-9-25(23)35-13-11-34(12-14-35)17-26(36)31-28-33-32-27(38-28)18-37-22-7-5-19-3-1-2-4-20(19)15-22/h1-10,15-16H,11-14,17-18H2,(H,31,33,36). The topological polar surface area (TPSA) is 83.5 Å². The number of benzene rings is 3. The second-order valence-corrected chi connectivity index (χ2v) is 10.6. The zero-order valence-electron chi connectivity index (χ0n) is 20.5. The number of carbonyl (C=O) groups is 1. The zero-order chi connectivity index (χ0) is 25.9. The lowest BCUT2D eigenvalue weighted by atomic mass is 10.1. The third-order valence-electron chi connectivity index (χ3n) is 6.56. The number of hydrogen-bond donors (Lipinski definition) is 1. The van der Waals surface area contributed by atoms with Crippen LogP contribution in [0.3, 0.4) is 0 Å². The van der Waals surface area contributed by atoms with E-state index in [1.54, 1.807) is 0 Å². The lowest BCUT2D eigenvalue weighted by molar-refractivity contribution is -0.117. The van der Waals surface area contributed by atoms with Crippen LogP contribution in [-0.4, -0.2) is 58.7 Å². The number of fused-ring (bicyclic) bond motifs is 2. The molecule has 1 amide bonds. The Hall–Kier alpha value is -3.79. The number of anilines is 2. The van der Waals surface area contributed by atoms with Crippen LogP contribution in [0.4, 0.5) is 10.8 Å². The monoisotopic (exact) mass is 544 g/mol. The van der Waals surface area contributed by atoms with Gasteiger partial charge in [-0.2, -0.15) is 0 Å². The number of ether oxygens (including phenoxy) is 1. The molecule has 192 valence electrons. The Morgan fingerprint density at radius 3 is 2.68 bits per heavy atom. The first-order valence-electron chi connectivity index (χ1n) is 12.4. The lowest BCUT2D eigenvalue weighted by Crippen LogP contribution is -2.48. The number of hydrogen-bond acceptors (Lipinski definition) is 8. The predicted octanol–water partition coefficient (Wildman–Crippen LogP) is 5.23. The molecule has 1 saturated heterocycles. The van der Waals surface area contributed by atoms with E-state index in [0.29, 0.717) is 28.3 Å². The van der Waals surface area contributed by atoms with Crippen LogP contribution >= 0.6 is 22.9 Å². The van der Waals surface area contributed by atoms with Gasteiger partial charge in [0.05, 0.1) is 12.1 Å². The molecule has 0 saturated carbocycles. The average Bonchev–Trinajstić information content (AvgIpc) is 3.38. The van der Waals surface area contributed by atoms with Gasteiger partial charge in [0.1, 0.15) is 12.4 Å². The predicted molar refractivity (Wildman–Crippen MR) is 152 cm³/mol. The van der Waals surface area contributed by atoms with E-state index in [0.717, 1.165) is 53.9 Å². The van der Waals surface area contributed by atoms with Crippen LogP contribution in [0.2, 0.25) is 5.02 Å². The third-order valence-corrected chi connectivity index (χ3v) is 7.61. The van der Waals surface area contributed by atoms with Crippen molar-refractivity contribution in [2.45, 2.75) is 6.61 Å². The van der Waals surface area contributed by atoms with Crippen molar-refractivity contribution < 1.29 is 9.53 Å². The van der Waals surface area contributed by atoms with Crippen LogP contribution in [0.1, 0.15) is 5.01 Å². The molecule has 0 spiro atoms. The molecule has 0 bridgehead atoms. The molecule has 38 heavy (non-hydrogen) atoms. The fourth-order valence-corrected chi connectivity index (χ4v) is 5.49. The van der Waals surface area contributed by atoms with E-state index in [9.17, 15) is 4.79 Å². The van der Waals surface area contributed by atoms with Crippen LogP contribution < -0.4 is 15.0 Å². The van der Waals surface area contributed by atoms with Gasteiger partial charge in [-0.3, -0.25) is 20.0 Å². The van der Waals surface area contributed by atoms with Crippen molar-refractivity contribution in [2.75, 3.05) is 42.9 Å². The first-order chi connectivity index (χ1) is 18.6. The number of piperazine rings is 1. The summed E-state index contributed by atoms with van der Waals surface area (Å²) in [4.78, 5) is 21.6. The summed E-state index contributed by atoms with van der Waals surface area (Å²) in [6, 6.07) is 22.0. The molecule has 0 aliphatic carbocycles. The van der Waals surface area contributed by atoms with Gasteiger partial charge in [0.2, 0.25) is 11.0 Å². The van der Waals surface area contributed by atoms with Crippen molar-refractivity contribution >= 4 is 61.3 Å². The fraction of sp³-hybridized carbons (Fsp3) is 0.214. The highest BCUT2D eigenvalue weighted by atomic mass is 35.5. The van der Waals surface area contributed by atoms with Gasteiger partial charge in [-0.05, 0) is 47.2 Å². The van der Waals surface area contributed by atoms with Gasteiger partial charge in [0.15, 0.2) is 5.01 Å². The molecule has 3 heterocycles. The maximum Gasteiger partial charge on any atom is 0.240 e. The van der Waals surface area contributed by atoms with Crippen LogP contribution in [0.15, 0.2) is 72.9 Å². The molecule has 2 aromatic heterocycles. The third kappa shape index (κ3) is 5.55. The van der Waals surface area contributed by atoms with Crippen LogP contribution in [-0.2, 0) is 11.4 Å².